The van der Waals surface area contributed by atoms with Crippen molar-refractivity contribution in [2.75, 3.05) is 18.6 Å². The van der Waals surface area contributed by atoms with Crippen LogP contribution in [0.4, 0.5) is 4.79 Å². The van der Waals surface area contributed by atoms with Crippen molar-refractivity contribution in [2.24, 2.45) is 5.73 Å². The van der Waals surface area contributed by atoms with Gasteiger partial charge in [-0.15, -0.1) is 0 Å². The molecule has 0 radical (unpaired) electrons. The Bertz CT molecular complexity index is 223. The van der Waals surface area contributed by atoms with Crippen molar-refractivity contribution in [3.63, 3.8) is 0 Å². The van der Waals surface area contributed by atoms with Crippen LogP contribution in [0.1, 0.15) is 26.2 Å². The summed E-state index contributed by atoms with van der Waals surface area (Å²) in [5.74, 6) is 0.196. The van der Waals surface area contributed by atoms with Gasteiger partial charge in [0.2, 0.25) is 6.10 Å². The minimum Gasteiger partial charge on any atom is -0.463 e. The first-order chi connectivity index (χ1) is 7.61. The van der Waals surface area contributed by atoms with Crippen molar-refractivity contribution in [1.82, 2.24) is 0 Å². The Morgan fingerprint density at radius 2 is 2.12 bits per heavy atom. The maximum Gasteiger partial charge on any atom is 0.405 e. The zero-order valence-electron chi connectivity index (χ0n) is 9.73. The quantitative estimate of drug-likeness (QED) is 0.521. The Balaban J connectivity index is 4.04. The van der Waals surface area contributed by atoms with Crippen LogP contribution in [0.25, 0.3) is 0 Å². The van der Waals surface area contributed by atoms with Gasteiger partial charge >= 0.3 is 12.1 Å². The van der Waals surface area contributed by atoms with Gasteiger partial charge in [0.05, 0.1) is 6.61 Å². The van der Waals surface area contributed by atoms with Crippen LogP contribution in [0.3, 0.4) is 0 Å². The molecule has 0 heterocycles. The Labute approximate surface area is 100 Å². The molecule has 16 heavy (non-hydrogen) atoms. The third kappa shape index (κ3) is 7.39. The Morgan fingerprint density at radius 3 is 2.62 bits per heavy atom. The van der Waals surface area contributed by atoms with E-state index in [0.29, 0.717) is 18.8 Å². The average molecular weight is 249 g/mol. The molecule has 0 aromatic carbocycles. The van der Waals surface area contributed by atoms with E-state index in [1.54, 1.807) is 11.8 Å². The monoisotopic (exact) mass is 249 g/mol. The molecule has 0 saturated carbocycles. The Hall–Kier alpha value is -0.910. The second kappa shape index (κ2) is 9.33. The standard InChI is InChI=1S/C10H19NO4S/c1-3-4-6-14-9(12)8(5-7-16-2)15-10(11)13/h8H,3-7H2,1-2H3,(H2,11,13). The van der Waals surface area contributed by atoms with Crippen LogP contribution < -0.4 is 5.73 Å². The van der Waals surface area contributed by atoms with Crippen molar-refractivity contribution >= 4 is 23.8 Å². The summed E-state index contributed by atoms with van der Waals surface area (Å²) in [7, 11) is 0. The van der Waals surface area contributed by atoms with E-state index in [4.69, 9.17) is 15.2 Å². The van der Waals surface area contributed by atoms with Gasteiger partial charge in [0.15, 0.2) is 0 Å². The van der Waals surface area contributed by atoms with E-state index < -0.39 is 18.2 Å². The van der Waals surface area contributed by atoms with Crippen LogP contribution >= 0.6 is 11.8 Å². The highest BCUT2D eigenvalue weighted by Gasteiger charge is 2.22. The molecule has 94 valence electrons. The fraction of sp³-hybridized carbons (Fsp3) is 0.800. The van der Waals surface area contributed by atoms with Crippen molar-refractivity contribution in [2.45, 2.75) is 32.3 Å². The molecule has 1 amide bonds. The minimum absolute atomic E-state index is 0.354. The molecule has 0 aromatic rings. The van der Waals surface area contributed by atoms with Crippen molar-refractivity contribution in [1.29, 1.82) is 0 Å². The molecule has 1 unspecified atom stereocenters. The van der Waals surface area contributed by atoms with Gasteiger partial charge in [-0.25, -0.2) is 9.59 Å². The molecule has 0 bridgehead atoms. The predicted molar refractivity (Wildman–Crippen MR) is 63.3 cm³/mol. The zero-order chi connectivity index (χ0) is 12.4. The van der Waals surface area contributed by atoms with Crippen LogP contribution in [-0.2, 0) is 14.3 Å². The van der Waals surface area contributed by atoms with Crippen LogP contribution in [-0.4, -0.2) is 36.8 Å². The number of rotatable bonds is 8. The van der Waals surface area contributed by atoms with Gasteiger partial charge in [0.1, 0.15) is 0 Å². The van der Waals surface area contributed by atoms with E-state index in [1.807, 2.05) is 13.2 Å². The number of esters is 1. The molecule has 0 aromatic heterocycles. The van der Waals surface area contributed by atoms with Gasteiger partial charge in [-0.3, -0.25) is 0 Å². The van der Waals surface area contributed by atoms with Gasteiger partial charge in [-0.2, -0.15) is 11.8 Å². The molecule has 0 aliphatic rings. The lowest BCUT2D eigenvalue weighted by atomic mass is 10.3. The second-order valence-corrected chi connectivity index (χ2v) is 4.21. The van der Waals surface area contributed by atoms with Crippen LogP contribution in [0.5, 0.6) is 0 Å². The SMILES string of the molecule is CCCCOC(=O)C(CCSC)OC(N)=O. The number of ether oxygens (including phenoxy) is 2. The fourth-order valence-corrected chi connectivity index (χ4v) is 1.45. The molecule has 0 spiro atoms. The molecule has 1 atom stereocenters. The highest BCUT2D eigenvalue weighted by atomic mass is 32.2. The number of unbranched alkanes of at least 4 members (excludes halogenated alkanes) is 1. The van der Waals surface area contributed by atoms with E-state index in [2.05, 4.69) is 0 Å². The summed E-state index contributed by atoms with van der Waals surface area (Å²) in [6.45, 7) is 2.35. The van der Waals surface area contributed by atoms with Crippen molar-refractivity contribution in [3.8, 4) is 0 Å². The van der Waals surface area contributed by atoms with E-state index in [-0.39, 0.29) is 0 Å². The fourth-order valence-electron chi connectivity index (χ4n) is 1.00. The molecule has 0 fully saturated rings. The van der Waals surface area contributed by atoms with Gasteiger partial charge in [0, 0.05) is 6.42 Å². The molecule has 0 aliphatic heterocycles. The molecule has 0 saturated heterocycles. The first-order valence-corrected chi connectivity index (χ1v) is 6.62. The number of hydrogen-bond acceptors (Lipinski definition) is 5. The smallest absolute Gasteiger partial charge is 0.405 e. The van der Waals surface area contributed by atoms with Crippen LogP contribution in [0, 0.1) is 0 Å². The summed E-state index contributed by atoms with van der Waals surface area (Å²) in [6.07, 6.45) is 2.26. The molecular weight excluding hydrogens is 230 g/mol. The lowest BCUT2D eigenvalue weighted by Gasteiger charge is -2.14. The molecule has 0 rings (SSSR count). The number of hydrogen-bond donors (Lipinski definition) is 1. The normalized spacial score (nSPS) is 11.9. The first-order valence-electron chi connectivity index (χ1n) is 5.23. The molecule has 2 N–H and O–H groups in total. The summed E-state index contributed by atoms with van der Waals surface area (Å²) >= 11 is 1.56. The lowest BCUT2D eigenvalue weighted by molar-refractivity contribution is -0.153. The topological polar surface area (TPSA) is 78.6 Å². The summed E-state index contributed by atoms with van der Waals surface area (Å²) in [4.78, 5) is 22.1. The van der Waals surface area contributed by atoms with Gasteiger partial charge in [-0.1, -0.05) is 13.3 Å². The first kappa shape index (κ1) is 15.1. The van der Waals surface area contributed by atoms with E-state index >= 15 is 0 Å². The number of carbonyl (C=O) groups is 2. The maximum atomic E-state index is 11.5. The Kier molecular flexibility index (Phi) is 8.80. The number of carbonyl (C=O) groups excluding carboxylic acids is 2. The van der Waals surface area contributed by atoms with Crippen LogP contribution in [0.2, 0.25) is 0 Å². The third-order valence-electron chi connectivity index (χ3n) is 1.85. The van der Waals surface area contributed by atoms with E-state index in [0.717, 1.165) is 12.8 Å². The highest BCUT2D eigenvalue weighted by Crippen LogP contribution is 2.07. The van der Waals surface area contributed by atoms with E-state index in [9.17, 15) is 9.59 Å². The summed E-state index contributed by atoms with van der Waals surface area (Å²) in [5.41, 5.74) is 4.88. The van der Waals surface area contributed by atoms with Gasteiger partial charge < -0.3 is 15.2 Å². The molecular formula is C10H19NO4S. The highest BCUT2D eigenvalue weighted by molar-refractivity contribution is 7.98. The number of thioether (sulfide) groups is 1. The second-order valence-electron chi connectivity index (χ2n) is 3.23. The van der Waals surface area contributed by atoms with Gasteiger partial charge in [-0.05, 0) is 18.4 Å². The summed E-state index contributed by atoms with van der Waals surface area (Å²) < 4.78 is 9.66. The van der Waals surface area contributed by atoms with Crippen LogP contribution in [0.15, 0.2) is 0 Å². The average Bonchev–Trinajstić information content (AvgIpc) is 2.23. The molecule has 5 nitrogen and oxygen atoms in total. The maximum absolute atomic E-state index is 11.5. The van der Waals surface area contributed by atoms with Crippen molar-refractivity contribution in [3.05, 3.63) is 0 Å². The van der Waals surface area contributed by atoms with E-state index in [1.165, 1.54) is 0 Å². The largest absolute Gasteiger partial charge is 0.463 e. The number of nitrogens with two attached hydrogens (primary N) is 1. The number of primary amides is 1. The Morgan fingerprint density at radius 1 is 1.44 bits per heavy atom. The zero-order valence-corrected chi connectivity index (χ0v) is 10.5. The van der Waals surface area contributed by atoms with Crippen molar-refractivity contribution < 1.29 is 19.1 Å². The lowest BCUT2D eigenvalue weighted by Crippen LogP contribution is -2.32. The summed E-state index contributed by atoms with van der Waals surface area (Å²) in [6, 6.07) is 0. The number of amides is 1. The molecule has 6 heteroatoms. The summed E-state index contributed by atoms with van der Waals surface area (Å²) in [5, 5.41) is 0. The minimum atomic E-state index is -0.946. The van der Waals surface area contributed by atoms with Gasteiger partial charge in [0.25, 0.3) is 0 Å². The third-order valence-corrected chi connectivity index (χ3v) is 2.49. The predicted octanol–water partition coefficient (Wildman–Crippen LogP) is 1.55. The molecule has 0 aliphatic carbocycles.